The van der Waals surface area contributed by atoms with E-state index in [0.29, 0.717) is 16.9 Å². The molecule has 1 rings (SSSR count). The Morgan fingerprint density at radius 3 is 2.33 bits per heavy atom. The fourth-order valence-corrected chi connectivity index (χ4v) is 0.866. The maximum absolute atomic E-state index is 5.81. The van der Waals surface area contributed by atoms with Crippen LogP contribution in [0.4, 0.5) is 11.8 Å². The van der Waals surface area contributed by atoms with Crippen LogP contribution >= 0.6 is 11.6 Å². The first-order valence-corrected chi connectivity index (χ1v) is 3.87. The Balaban J connectivity index is 3.21. The van der Waals surface area contributed by atoms with Gasteiger partial charge in [0.05, 0.1) is 0 Å². The normalized spacial score (nSPS) is 10.0. The monoisotopic (exact) mass is 186 g/mol. The van der Waals surface area contributed by atoms with E-state index in [-0.39, 0.29) is 0 Å². The number of nitrogen functional groups attached to an aromatic ring is 1. The first kappa shape index (κ1) is 9.06. The molecule has 0 radical (unpaired) electrons. The predicted octanol–water partition coefficient (Wildman–Crippen LogP) is 1.09. The van der Waals surface area contributed by atoms with Gasteiger partial charge in [-0.25, -0.2) is 4.98 Å². The molecule has 4 nitrogen and oxygen atoms in total. The first-order valence-electron chi connectivity index (χ1n) is 3.49. The van der Waals surface area contributed by atoms with E-state index in [1.807, 2.05) is 14.1 Å². The summed E-state index contributed by atoms with van der Waals surface area (Å²) >= 11 is 5.81. The molecule has 0 amide bonds. The van der Waals surface area contributed by atoms with Gasteiger partial charge in [0.1, 0.15) is 11.0 Å². The quantitative estimate of drug-likeness (QED) is 0.668. The molecule has 12 heavy (non-hydrogen) atoms. The third-order valence-electron chi connectivity index (χ3n) is 1.51. The van der Waals surface area contributed by atoms with Crippen LogP contribution in [0.25, 0.3) is 0 Å². The Labute approximate surface area is 76.4 Å². The van der Waals surface area contributed by atoms with Crippen molar-refractivity contribution in [2.75, 3.05) is 24.7 Å². The van der Waals surface area contributed by atoms with Crippen molar-refractivity contribution >= 4 is 23.4 Å². The van der Waals surface area contributed by atoms with Gasteiger partial charge in [0.2, 0.25) is 5.95 Å². The molecule has 0 saturated carbocycles. The first-order chi connectivity index (χ1) is 5.52. The molecule has 2 N–H and O–H groups in total. The molecule has 5 heteroatoms. The minimum atomic E-state index is 0.409. The Kier molecular flexibility index (Phi) is 2.38. The lowest BCUT2D eigenvalue weighted by Gasteiger charge is -2.11. The molecule has 0 saturated heterocycles. The maximum atomic E-state index is 5.81. The van der Waals surface area contributed by atoms with E-state index in [4.69, 9.17) is 17.3 Å². The average molecular weight is 187 g/mol. The van der Waals surface area contributed by atoms with E-state index in [0.717, 1.165) is 5.56 Å². The van der Waals surface area contributed by atoms with Gasteiger partial charge in [0, 0.05) is 19.7 Å². The minimum Gasteiger partial charge on any atom is -0.383 e. The van der Waals surface area contributed by atoms with Gasteiger partial charge in [-0.3, -0.25) is 0 Å². The highest BCUT2D eigenvalue weighted by Gasteiger charge is 2.06. The summed E-state index contributed by atoms with van der Waals surface area (Å²) < 4.78 is 0. The van der Waals surface area contributed by atoms with Gasteiger partial charge in [-0.05, 0) is 6.92 Å². The van der Waals surface area contributed by atoms with Crippen LogP contribution in [0.5, 0.6) is 0 Å². The molecule has 0 aliphatic rings. The van der Waals surface area contributed by atoms with Crippen LogP contribution in [-0.4, -0.2) is 24.1 Å². The molecule has 0 fully saturated rings. The van der Waals surface area contributed by atoms with Crippen LogP contribution in [0.1, 0.15) is 5.56 Å². The third-order valence-corrected chi connectivity index (χ3v) is 1.88. The second-order valence-corrected chi connectivity index (χ2v) is 3.08. The smallest absolute Gasteiger partial charge is 0.228 e. The highest BCUT2D eigenvalue weighted by atomic mass is 35.5. The summed E-state index contributed by atoms with van der Waals surface area (Å²) in [5.41, 5.74) is 6.32. The lowest BCUT2D eigenvalue weighted by molar-refractivity contribution is 0.994. The second kappa shape index (κ2) is 3.15. The minimum absolute atomic E-state index is 0.409. The zero-order valence-corrected chi connectivity index (χ0v) is 8.05. The van der Waals surface area contributed by atoms with E-state index >= 15 is 0 Å². The van der Waals surface area contributed by atoms with Gasteiger partial charge in [0.25, 0.3) is 0 Å². The standard InChI is InChI=1S/C7H11ClN4/c1-4-5(8)10-7(12(2)3)11-6(4)9/h1-3H3,(H2,9,10,11). The van der Waals surface area contributed by atoms with Crippen molar-refractivity contribution in [3.8, 4) is 0 Å². The van der Waals surface area contributed by atoms with Crippen LogP contribution in [0, 0.1) is 6.92 Å². The number of nitrogens with two attached hydrogens (primary N) is 1. The lowest BCUT2D eigenvalue weighted by atomic mass is 10.3. The summed E-state index contributed by atoms with van der Waals surface area (Å²) in [4.78, 5) is 9.83. The lowest BCUT2D eigenvalue weighted by Crippen LogP contribution is -2.14. The van der Waals surface area contributed by atoms with Crippen molar-refractivity contribution in [2.45, 2.75) is 6.92 Å². The third kappa shape index (κ3) is 1.58. The SMILES string of the molecule is Cc1c(N)nc(N(C)C)nc1Cl. The van der Waals surface area contributed by atoms with Crippen molar-refractivity contribution in [3.63, 3.8) is 0 Å². The van der Waals surface area contributed by atoms with Gasteiger partial charge >= 0.3 is 0 Å². The van der Waals surface area contributed by atoms with Gasteiger partial charge in [0.15, 0.2) is 0 Å². The Morgan fingerprint density at radius 2 is 1.92 bits per heavy atom. The molecule has 0 aliphatic heterocycles. The zero-order chi connectivity index (χ0) is 9.30. The van der Waals surface area contributed by atoms with Crippen molar-refractivity contribution in [1.82, 2.24) is 9.97 Å². The molecule has 0 atom stereocenters. The Bertz CT molecular complexity index is 274. The van der Waals surface area contributed by atoms with Gasteiger partial charge in [-0.2, -0.15) is 4.98 Å². The van der Waals surface area contributed by atoms with Crippen LogP contribution < -0.4 is 10.6 Å². The molecule has 0 unspecified atom stereocenters. The van der Waals surface area contributed by atoms with Crippen molar-refractivity contribution in [2.24, 2.45) is 0 Å². The van der Waals surface area contributed by atoms with Crippen molar-refractivity contribution in [1.29, 1.82) is 0 Å². The molecular weight excluding hydrogens is 176 g/mol. The summed E-state index contributed by atoms with van der Waals surface area (Å²) in [7, 11) is 3.67. The van der Waals surface area contributed by atoms with E-state index in [9.17, 15) is 0 Å². The Hall–Kier alpha value is -1.03. The highest BCUT2D eigenvalue weighted by Crippen LogP contribution is 2.19. The number of anilines is 2. The predicted molar refractivity (Wildman–Crippen MR) is 50.5 cm³/mol. The summed E-state index contributed by atoms with van der Waals surface area (Å²) in [5, 5.41) is 0.409. The second-order valence-electron chi connectivity index (χ2n) is 2.72. The fraction of sp³-hybridized carbons (Fsp3) is 0.429. The number of hydrogen-bond acceptors (Lipinski definition) is 4. The van der Waals surface area contributed by atoms with Gasteiger partial charge in [-0.15, -0.1) is 0 Å². The zero-order valence-electron chi connectivity index (χ0n) is 7.30. The van der Waals surface area contributed by atoms with Crippen LogP contribution in [0.2, 0.25) is 5.15 Å². The fourth-order valence-electron chi connectivity index (χ4n) is 0.694. The molecular formula is C7H11ClN4. The molecule has 1 heterocycles. The van der Waals surface area contributed by atoms with E-state index in [2.05, 4.69) is 9.97 Å². The molecule has 0 aromatic carbocycles. The summed E-state index contributed by atoms with van der Waals surface area (Å²) in [5.74, 6) is 0.960. The number of nitrogens with zero attached hydrogens (tertiary/aromatic N) is 3. The average Bonchev–Trinajstić information content (AvgIpc) is 1.99. The van der Waals surface area contributed by atoms with E-state index < -0.39 is 0 Å². The maximum Gasteiger partial charge on any atom is 0.228 e. The topological polar surface area (TPSA) is 55.0 Å². The summed E-state index contributed by atoms with van der Waals surface area (Å²) in [6, 6.07) is 0. The summed E-state index contributed by atoms with van der Waals surface area (Å²) in [6.07, 6.45) is 0. The molecule has 0 spiro atoms. The number of hydrogen-bond donors (Lipinski definition) is 1. The highest BCUT2D eigenvalue weighted by molar-refractivity contribution is 6.30. The van der Waals surface area contributed by atoms with Gasteiger partial charge < -0.3 is 10.6 Å². The van der Waals surface area contributed by atoms with Crippen LogP contribution in [0.15, 0.2) is 0 Å². The largest absolute Gasteiger partial charge is 0.383 e. The molecule has 0 bridgehead atoms. The number of rotatable bonds is 1. The van der Waals surface area contributed by atoms with E-state index in [1.54, 1.807) is 11.8 Å². The van der Waals surface area contributed by atoms with Crippen molar-refractivity contribution in [3.05, 3.63) is 10.7 Å². The summed E-state index contributed by atoms with van der Waals surface area (Å²) in [6.45, 7) is 1.79. The molecule has 1 aromatic rings. The van der Waals surface area contributed by atoms with Gasteiger partial charge in [-0.1, -0.05) is 11.6 Å². The van der Waals surface area contributed by atoms with E-state index in [1.165, 1.54) is 0 Å². The van der Waals surface area contributed by atoms with Crippen molar-refractivity contribution < 1.29 is 0 Å². The molecule has 66 valence electrons. The van der Waals surface area contributed by atoms with Crippen LogP contribution in [0.3, 0.4) is 0 Å². The number of halogens is 1. The molecule has 1 aromatic heterocycles. The Morgan fingerprint density at radius 1 is 1.33 bits per heavy atom. The van der Waals surface area contributed by atoms with Crippen LogP contribution in [-0.2, 0) is 0 Å². The number of aromatic nitrogens is 2. The molecule has 0 aliphatic carbocycles.